The highest BCUT2D eigenvalue weighted by Crippen LogP contribution is 2.39. The van der Waals surface area contributed by atoms with E-state index in [9.17, 15) is 18.0 Å². The van der Waals surface area contributed by atoms with Crippen LogP contribution >= 0.6 is 31.9 Å². The summed E-state index contributed by atoms with van der Waals surface area (Å²) in [5.74, 6) is 0.455. The number of hydrogen-bond donors (Lipinski definition) is 0. The molecule has 0 N–H and O–H groups in total. The molecule has 10 heteroatoms. The zero-order valence-electron chi connectivity index (χ0n) is 19.0. The normalized spacial score (nSPS) is 11.7. The quantitative estimate of drug-likeness (QED) is 0.244. The van der Waals surface area contributed by atoms with Crippen LogP contribution in [0.15, 0.2) is 31.6 Å². The lowest BCUT2D eigenvalue weighted by Gasteiger charge is -2.17. The molecule has 0 spiro atoms. The molecule has 3 aromatic rings. The maximum absolute atomic E-state index is 12.8. The maximum atomic E-state index is 12.8. The monoisotopic (exact) mass is 606 g/mol. The Labute approximate surface area is 211 Å². The SMILES string of the molecule is CCOC(=O)CCc1cc(Br)c(OCc2cc(OC(F)(F)F)cc3c(Br)c(C)oc23)c(C)c1C. The van der Waals surface area contributed by atoms with Gasteiger partial charge in [-0.05, 0) is 101 Å². The summed E-state index contributed by atoms with van der Waals surface area (Å²) in [5.41, 5.74) is 3.59. The van der Waals surface area contributed by atoms with E-state index in [0.717, 1.165) is 16.7 Å². The first kappa shape index (κ1) is 26.4. The third-order valence-electron chi connectivity index (χ3n) is 5.35. The molecule has 0 atom stereocenters. The predicted molar refractivity (Wildman–Crippen MR) is 128 cm³/mol. The number of benzene rings is 2. The van der Waals surface area contributed by atoms with E-state index < -0.39 is 6.36 Å². The molecular weight excluding hydrogens is 585 g/mol. The Balaban J connectivity index is 1.90. The van der Waals surface area contributed by atoms with Crippen molar-refractivity contribution >= 4 is 48.8 Å². The van der Waals surface area contributed by atoms with E-state index in [1.54, 1.807) is 13.8 Å². The van der Waals surface area contributed by atoms with Crippen molar-refractivity contribution < 1.29 is 36.6 Å². The number of ether oxygens (including phenoxy) is 3. The second-order valence-electron chi connectivity index (χ2n) is 7.67. The Morgan fingerprint density at radius 2 is 1.76 bits per heavy atom. The zero-order valence-corrected chi connectivity index (χ0v) is 22.2. The summed E-state index contributed by atoms with van der Waals surface area (Å²) in [6.45, 7) is 7.57. The van der Waals surface area contributed by atoms with E-state index in [0.29, 0.717) is 50.0 Å². The van der Waals surface area contributed by atoms with E-state index in [1.807, 2.05) is 19.9 Å². The highest BCUT2D eigenvalue weighted by atomic mass is 79.9. The van der Waals surface area contributed by atoms with Crippen molar-refractivity contribution in [1.82, 2.24) is 0 Å². The molecule has 1 heterocycles. The molecule has 0 unspecified atom stereocenters. The van der Waals surface area contributed by atoms with Gasteiger partial charge in [-0.25, -0.2) is 0 Å². The molecule has 2 aromatic carbocycles. The fourth-order valence-corrected chi connectivity index (χ4v) is 4.67. The number of esters is 1. The van der Waals surface area contributed by atoms with Gasteiger partial charge >= 0.3 is 12.3 Å². The molecule has 5 nitrogen and oxygen atoms in total. The molecule has 34 heavy (non-hydrogen) atoms. The van der Waals surface area contributed by atoms with Gasteiger partial charge in [0.1, 0.15) is 29.4 Å². The van der Waals surface area contributed by atoms with Gasteiger partial charge in [0.05, 0.1) is 15.6 Å². The third kappa shape index (κ3) is 6.07. The summed E-state index contributed by atoms with van der Waals surface area (Å²) in [6, 6.07) is 4.41. The average Bonchev–Trinajstić information content (AvgIpc) is 3.02. The van der Waals surface area contributed by atoms with Crippen LogP contribution in [0.3, 0.4) is 0 Å². The highest BCUT2D eigenvalue weighted by Gasteiger charge is 2.32. The van der Waals surface area contributed by atoms with Crippen LogP contribution in [0, 0.1) is 20.8 Å². The van der Waals surface area contributed by atoms with Gasteiger partial charge < -0.3 is 18.6 Å². The Bertz CT molecular complexity index is 1220. The van der Waals surface area contributed by atoms with Crippen LogP contribution in [0.4, 0.5) is 13.2 Å². The molecule has 1 aromatic heterocycles. The largest absolute Gasteiger partial charge is 0.573 e. The van der Waals surface area contributed by atoms with Crippen LogP contribution in [0.25, 0.3) is 11.0 Å². The van der Waals surface area contributed by atoms with Crippen LogP contribution in [0.2, 0.25) is 0 Å². The molecule has 0 aliphatic heterocycles. The molecule has 0 aliphatic carbocycles. The topological polar surface area (TPSA) is 57.9 Å². The van der Waals surface area contributed by atoms with Crippen molar-refractivity contribution in [3.8, 4) is 11.5 Å². The minimum atomic E-state index is -4.83. The van der Waals surface area contributed by atoms with Gasteiger partial charge in [0.2, 0.25) is 0 Å². The lowest BCUT2D eigenvalue weighted by Crippen LogP contribution is -2.17. The summed E-state index contributed by atoms with van der Waals surface area (Å²) in [7, 11) is 0. The Morgan fingerprint density at radius 1 is 1.06 bits per heavy atom. The molecule has 0 amide bonds. The Morgan fingerprint density at radius 3 is 2.41 bits per heavy atom. The number of alkyl halides is 3. The maximum Gasteiger partial charge on any atom is 0.573 e. The average molecular weight is 608 g/mol. The second kappa shape index (κ2) is 10.6. The van der Waals surface area contributed by atoms with Crippen LogP contribution in [-0.4, -0.2) is 18.9 Å². The Hall–Kier alpha value is -2.20. The molecule has 0 aliphatic rings. The van der Waals surface area contributed by atoms with Crippen molar-refractivity contribution in [3.63, 3.8) is 0 Å². The van der Waals surface area contributed by atoms with E-state index in [2.05, 4.69) is 36.6 Å². The number of furan rings is 1. The van der Waals surface area contributed by atoms with Gasteiger partial charge in [0.25, 0.3) is 0 Å². The number of halogens is 5. The number of carbonyl (C=O) groups excluding carboxylic acids is 1. The van der Waals surface area contributed by atoms with Crippen LogP contribution in [-0.2, 0) is 22.6 Å². The van der Waals surface area contributed by atoms with E-state index in [4.69, 9.17) is 13.9 Å². The van der Waals surface area contributed by atoms with E-state index in [-0.39, 0.29) is 24.7 Å². The molecule has 184 valence electrons. The molecule has 0 saturated heterocycles. The van der Waals surface area contributed by atoms with Gasteiger partial charge in [0.15, 0.2) is 0 Å². The van der Waals surface area contributed by atoms with Crippen LogP contribution in [0.1, 0.15) is 41.4 Å². The lowest BCUT2D eigenvalue weighted by atomic mass is 9.99. The lowest BCUT2D eigenvalue weighted by molar-refractivity contribution is -0.274. The number of rotatable bonds is 8. The van der Waals surface area contributed by atoms with Crippen molar-refractivity contribution in [3.05, 3.63) is 55.2 Å². The molecule has 3 rings (SSSR count). The van der Waals surface area contributed by atoms with Crippen molar-refractivity contribution in [2.24, 2.45) is 0 Å². The molecule has 0 saturated carbocycles. The Kier molecular flexibility index (Phi) is 8.23. The minimum Gasteiger partial charge on any atom is -0.487 e. The summed E-state index contributed by atoms with van der Waals surface area (Å²) in [6.07, 6.45) is -4.05. The van der Waals surface area contributed by atoms with Gasteiger partial charge in [-0.3, -0.25) is 4.79 Å². The number of carbonyl (C=O) groups is 1. The van der Waals surface area contributed by atoms with Gasteiger partial charge in [0, 0.05) is 17.4 Å². The van der Waals surface area contributed by atoms with E-state index in [1.165, 1.54) is 12.1 Å². The van der Waals surface area contributed by atoms with Crippen LogP contribution in [0.5, 0.6) is 11.5 Å². The minimum absolute atomic E-state index is 0.0496. The second-order valence-corrected chi connectivity index (χ2v) is 9.32. The number of aryl methyl sites for hydroxylation is 2. The first-order valence-corrected chi connectivity index (χ1v) is 12.0. The molecule has 0 radical (unpaired) electrons. The highest BCUT2D eigenvalue weighted by molar-refractivity contribution is 9.11. The van der Waals surface area contributed by atoms with Crippen molar-refractivity contribution in [2.75, 3.05) is 6.61 Å². The van der Waals surface area contributed by atoms with Crippen molar-refractivity contribution in [1.29, 1.82) is 0 Å². The number of fused-ring (bicyclic) bond motifs is 1. The third-order valence-corrected chi connectivity index (χ3v) is 6.93. The number of hydrogen-bond acceptors (Lipinski definition) is 5. The first-order valence-electron chi connectivity index (χ1n) is 10.5. The van der Waals surface area contributed by atoms with Gasteiger partial charge in [-0.2, -0.15) is 0 Å². The van der Waals surface area contributed by atoms with Gasteiger partial charge in [-0.1, -0.05) is 0 Å². The molecule has 0 fully saturated rings. The van der Waals surface area contributed by atoms with Crippen LogP contribution < -0.4 is 9.47 Å². The fraction of sp³-hybridized carbons (Fsp3) is 0.375. The smallest absolute Gasteiger partial charge is 0.487 e. The standard InChI is InChI=1S/C24H23Br2F3O5/c1-5-31-20(30)7-6-15-9-19(25)22(13(3)12(15)2)32-11-16-8-17(34-24(27,28)29)10-18-21(26)14(4)33-23(16)18/h8-10H,5-7,11H2,1-4H3. The molecule has 0 bridgehead atoms. The summed E-state index contributed by atoms with van der Waals surface area (Å²) in [4.78, 5) is 11.7. The predicted octanol–water partition coefficient (Wildman–Crippen LogP) is 7.86. The van der Waals surface area contributed by atoms with E-state index >= 15 is 0 Å². The summed E-state index contributed by atoms with van der Waals surface area (Å²) in [5, 5.41) is 0.458. The first-order chi connectivity index (χ1) is 15.9. The van der Waals surface area contributed by atoms with Crippen molar-refractivity contribution in [2.45, 2.75) is 53.5 Å². The molecular formula is C24H23Br2F3O5. The zero-order chi connectivity index (χ0) is 25.2. The summed E-state index contributed by atoms with van der Waals surface area (Å²) < 4.78 is 60.7. The fourth-order valence-electron chi connectivity index (χ4n) is 3.60. The summed E-state index contributed by atoms with van der Waals surface area (Å²) >= 11 is 6.88. The van der Waals surface area contributed by atoms with Gasteiger partial charge in [-0.15, -0.1) is 13.2 Å².